The predicted octanol–water partition coefficient (Wildman–Crippen LogP) is 2.01. The van der Waals surface area contributed by atoms with E-state index in [1.165, 1.54) is 0 Å². The third-order valence-corrected chi connectivity index (χ3v) is 2.59. The Bertz CT molecular complexity index is 104. The molecule has 0 aliphatic carbocycles. The minimum atomic E-state index is -0.0772. The summed E-state index contributed by atoms with van der Waals surface area (Å²) in [5.41, 5.74) is 0. The summed E-state index contributed by atoms with van der Waals surface area (Å²) in [7, 11) is 0. The fraction of sp³-hybridized carbons (Fsp3) is 0.857. The third kappa shape index (κ3) is 5.02. The van der Waals surface area contributed by atoms with Gasteiger partial charge in [-0.1, -0.05) is 29.5 Å². The first-order chi connectivity index (χ1) is 4.70. The summed E-state index contributed by atoms with van der Waals surface area (Å²) >= 11 is 2.27. The fourth-order valence-corrected chi connectivity index (χ4v) is 0.870. The molecule has 0 radical (unpaired) electrons. The second-order valence-corrected chi connectivity index (χ2v) is 3.15. The van der Waals surface area contributed by atoms with Gasteiger partial charge >= 0.3 is 5.97 Å². The molecule has 0 aliphatic heterocycles. The number of hydrogen-bond acceptors (Lipinski definition) is 2. The minimum Gasteiger partial charge on any atom is -0.466 e. The Kier molecular flexibility index (Phi) is 6.06. The molecule has 0 amide bonds. The molecule has 1 atom stereocenters. The summed E-state index contributed by atoms with van der Waals surface area (Å²) in [4.78, 5) is 10.8. The summed E-state index contributed by atoms with van der Waals surface area (Å²) < 4.78 is 5.78. The van der Waals surface area contributed by atoms with Crippen LogP contribution in [-0.2, 0) is 9.53 Å². The van der Waals surface area contributed by atoms with Crippen molar-refractivity contribution in [2.24, 2.45) is 5.92 Å². The number of carbonyl (C=O) groups is 1. The molecule has 0 aromatic rings. The van der Waals surface area contributed by atoms with Gasteiger partial charge in [0, 0.05) is 10.8 Å². The van der Waals surface area contributed by atoms with Crippen molar-refractivity contribution in [3.8, 4) is 0 Å². The van der Waals surface area contributed by atoms with E-state index in [9.17, 15) is 4.79 Å². The van der Waals surface area contributed by atoms with E-state index in [-0.39, 0.29) is 5.97 Å². The molecule has 60 valence electrons. The van der Waals surface area contributed by atoms with Crippen molar-refractivity contribution in [2.75, 3.05) is 11.0 Å². The molecule has 0 saturated carbocycles. The van der Waals surface area contributed by atoms with Crippen molar-refractivity contribution in [2.45, 2.75) is 20.3 Å². The van der Waals surface area contributed by atoms with E-state index >= 15 is 0 Å². The number of halogens is 1. The molecular formula is C7H13IO2. The van der Waals surface area contributed by atoms with Crippen LogP contribution in [0.1, 0.15) is 20.3 Å². The number of alkyl halides is 1. The van der Waals surface area contributed by atoms with Gasteiger partial charge in [-0.2, -0.15) is 0 Å². The van der Waals surface area contributed by atoms with Crippen LogP contribution in [0.5, 0.6) is 0 Å². The van der Waals surface area contributed by atoms with Gasteiger partial charge in [0.15, 0.2) is 0 Å². The fourth-order valence-electron chi connectivity index (χ4n) is 0.559. The van der Waals surface area contributed by atoms with E-state index in [0.717, 1.165) is 4.43 Å². The Morgan fingerprint density at radius 3 is 2.70 bits per heavy atom. The smallest absolute Gasteiger partial charge is 0.306 e. The van der Waals surface area contributed by atoms with Crippen LogP contribution in [0.3, 0.4) is 0 Å². The Balaban J connectivity index is 3.37. The van der Waals surface area contributed by atoms with Crippen molar-refractivity contribution in [1.29, 1.82) is 0 Å². The van der Waals surface area contributed by atoms with Gasteiger partial charge in [0.05, 0.1) is 6.61 Å². The Hall–Kier alpha value is 0.200. The van der Waals surface area contributed by atoms with E-state index in [1.54, 1.807) is 0 Å². The number of esters is 1. The molecule has 0 aromatic heterocycles. The highest BCUT2D eigenvalue weighted by atomic mass is 127. The predicted molar refractivity (Wildman–Crippen MR) is 49.3 cm³/mol. The van der Waals surface area contributed by atoms with Crippen LogP contribution >= 0.6 is 22.6 Å². The molecule has 0 rings (SSSR count). The second kappa shape index (κ2) is 5.95. The average molecular weight is 256 g/mol. The number of hydrogen-bond donors (Lipinski definition) is 0. The Morgan fingerprint density at radius 2 is 2.30 bits per heavy atom. The molecule has 0 bridgehead atoms. The molecule has 0 aliphatic rings. The topological polar surface area (TPSA) is 26.3 Å². The van der Waals surface area contributed by atoms with Crippen molar-refractivity contribution in [1.82, 2.24) is 0 Å². The van der Waals surface area contributed by atoms with Crippen molar-refractivity contribution >= 4 is 28.6 Å². The maximum atomic E-state index is 10.8. The Morgan fingerprint density at radius 1 is 1.70 bits per heavy atom. The van der Waals surface area contributed by atoms with Crippen molar-refractivity contribution in [3.05, 3.63) is 0 Å². The monoisotopic (exact) mass is 256 g/mol. The summed E-state index contributed by atoms with van der Waals surface area (Å²) in [5.74, 6) is 0.367. The standard InChI is InChI=1S/C7H13IO2/c1-3-10-7(9)4-6(2)5-8/h6H,3-5H2,1-2H3. The zero-order valence-corrected chi connectivity index (χ0v) is 8.55. The van der Waals surface area contributed by atoms with Gasteiger partial charge < -0.3 is 4.74 Å². The molecule has 0 aromatic carbocycles. The van der Waals surface area contributed by atoms with E-state index in [2.05, 4.69) is 22.6 Å². The van der Waals surface area contributed by atoms with Crippen LogP contribution in [-0.4, -0.2) is 17.0 Å². The van der Waals surface area contributed by atoms with Crippen LogP contribution in [0, 0.1) is 5.92 Å². The normalized spacial score (nSPS) is 12.7. The highest BCUT2D eigenvalue weighted by molar-refractivity contribution is 14.1. The summed E-state index contributed by atoms with van der Waals surface area (Å²) in [6.45, 7) is 4.36. The zero-order chi connectivity index (χ0) is 7.98. The quantitative estimate of drug-likeness (QED) is 0.437. The summed E-state index contributed by atoms with van der Waals surface area (Å²) in [6, 6.07) is 0. The van der Waals surface area contributed by atoms with Gasteiger partial charge in [0.2, 0.25) is 0 Å². The maximum Gasteiger partial charge on any atom is 0.306 e. The van der Waals surface area contributed by atoms with E-state index in [1.807, 2.05) is 13.8 Å². The molecule has 0 heterocycles. The van der Waals surface area contributed by atoms with Crippen LogP contribution in [0.25, 0.3) is 0 Å². The van der Waals surface area contributed by atoms with Gasteiger partial charge in [-0.15, -0.1) is 0 Å². The molecule has 0 spiro atoms. The summed E-state index contributed by atoms with van der Waals surface area (Å²) in [6.07, 6.45) is 0.552. The lowest BCUT2D eigenvalue weighted by Crippen LogP contribution is -2.09. The van der Waals surface area contributed by atoms with Crippen LogP contribution in [0.4, 0.5) is 0 Å². The zero-order valence-electron chi connectivity index (χ0n) is 6.39. The lowest BCUT2D eigenvalue weighted by molar-refractivity contribution is -0.143. The van der Waals surface area contributed by atoms with Gasteiger partial charge in [-0.25, -0.2) is 0 Å². The van der Waals surface area contributed by atoms with Crippen LogP contribution in [0.15, 0.2) is 0 Å². The van der Waals surface area contributed by atoms with Gasteiger partial charge in [0.1, 0.15) is 0 Å². The van der Waals surface area contributed by atoms with Gasteiger partial charge in [-0.05, 0) is 12.8 Å². The first kappa shape index (κ1) is 10.2. The van der Waals surface area contributed by atoms with Crippen molar-refractivity contribution in [3.63, 3.8) is 0 Å². The lowest BCUT2D eigenvalue weighted by Gasteiger charge is -2.05. The van der Waals surface area contributed by atoms with Gasteiger partial charge in [0.25, 0.3) is 0 Å². The molecular weight excluding hydrogens is 243 g/mol. The molecule has 0 saturated heterocycles. The lowest BCUT2D eigenvalue weighted by atomic mass is 10.1. The largest absolute Gasteiger partial charge is 0.466 e. The van der Waals surface area contributed by atoms with E-state index < -0.39 is 0 Å². The van der Waals surface area contributed by atoms with Crippen LogP contribution in [0.2, 0.25) is 0 Å². The first-order valence-corrected chi connectivity index (χ1v) is 4.94. The summed E-state index contributed by atoms with van der Waals surface area (Å²) in [5, 5.41) is 0. The maximum absolute atomic E-state index is 10.8. The number of ether oxygens (including phenoxy) is 1. The Labute approximate surface area is 75.5 Å². The van der Waals surface area contributed by atoms with Crippen LogP contribution < -0.4 is 0 Å². The average Bonchev–Trinajstić information content (AvgIpc) is 1.88. The molecule has 10 heavy (non-hydrogen) atoms. The first-order valence-electron chi connectivity index (χ1n) is 3.42. The number of carbonyl (C=O) groups excluding carboxylic acids is 1. The molecule has 3 heteroatoms. The van der Waals surface area contributed by atoms with E-state index in [0.29, 0.717) is 18.9 Å². The minimum absolute atomic E-state index is 0.0772. The highest BCUT2D eigenvalue weighted by Crippen LogP contribution is 2.06. The SMILES string of the molecule is CCOC(=O)CC(C)CI. The molecule has 2 nitrogen and oxygen atoms in total. The third-order valence-electron chi connectivity index (χ3n) is 1.08. The molecule has 0 N–H and O–H groups in total. The van der Waals surface area contributed by atoms with Crippen molar-refractivity contribution < 1.29 is 9.53 Å². The molecule has 0 fully saturated rings. The second-order valence-electron chi connectivity index (χ2n) is 2.27. The molecule has 1 unspecified atom stereocenters. The van der Waals surface area contributed by atoms with Gasteiger partial charge in [-0.3, -0.25) is 4.79 Å². The number of rotatable bonds is 4. The highest BCUT2D eigenvalue weighted by Gasteiger charge is 2.07. The van der Waals surface area contributed by atoms with E-state index in [4.69, 9.17) is 4.74 Å².